The fraction of sp³-hybridized carbons (Fsp3) is 0.125. The van der Waals surface area contributed by atoms with Gasteiger partial charge in [-0.2, -0.15) is 0 Å². The van der Waals surface area contributed by atoms with Gasteiger partial charge in [-0.1, -0.05) is 11.6 Å². The summed E-state index contributed by atoms with van der Waals surface area (Å²) in [5, 5.41) is 15.1. The first-order valence-electron chi connectivity index (χ1n) is 6.99. The van der Waals surface area contributed by atoms with E-state index in [9.17, 15) is 14.7 Å². The number of hydrogen-bond donors (Lipinski definition) is 3. The van der Waals surface area contributed by atoms with Crippen LogP contribution >= 0.6 is 11.6 Å². The van der Waals surface area contributed by atoms with Crippen molar-refractivity contribution in [3.05, 3.63) is 47.5 Å². The lowest BCUT2D eigenvalue weighted by Gasteiger charge is -2.10. The Balaban J connectivity index is 1.94. The lowest BCUT2D eigenvalue weighted by molar-refractivity contribution is 0.104. The van der Waals surface area contributed by atoms with Crippen LogP contribution in [0, 0.1) is 0 Å². The number of ether oxygens (including phenoxy) is 2. The molecule has 0 aromatic heterocycles. The first kappa shape index (κ1) is 17.4. The molecule has 0 heterocycles. The molecule has 0 saturated carbocycles. The first-order chi connectivity index (χ1) is 11.5. The molecule has 7 nitrogen and oxygen atoms in total. The molecule has 24 heavy (non-hydrogen) atoms. The standard InChI is InChI=1S/C16H15ClN2O5/c1-2-23-16(22)24-12-6-4-11(5-7-12)18-15(21)19-13-9-10(17)3-8-14(13)20/h3-9,20H,2H2,1H3,(H2,18,19,21). The molecule has 0 aliphatic rings. The number of phenolic OH excluding ortho intramolecular Hbond substituents is 1. The summed E-state index contributed by atoms with van der Waals surface area (Å²) in [5.74, 6) is 0.180. The molecule has 0 aliphatic carbocycles. The summed E-state index contributed by atoms with van der Waals surface area (Å²) >= 11 is 5.81. The van der Waals surface area contributed by atoms with Crippen LogP contribution in [0.4, 0.5) is 21.0 Å². The number of benzene rings is 2. The molecule has 2 aromatic rings. The summed E-state index contributed by atoms with van der Waals surface area (Å²) < 4.78 is 9.55. The van der Waals surface area contributed by atoms with Gasteiger partial charge in [-0.25, -0.2) is 9.59 Å². The zero-order valence-corrected chi connectivity index (χ0v) is 13.5. The molecule has 2 amide bonds. The minimum atomic E-state index is -0.799. The summed E-state index contributed by atoms with van der Waals surface area (Å²) in [4.78, 5) is 23.1. The SMILES string of the molecule is CCOC(=O)Oc1ccc(NC(=O)Nc2cc(Cl)ccc2O)cc1. The Morgan fingerprint density at radius 1 is 1.12 bits per heavy atom. The van der Waals surface area contributed by atoms with E-state index in [2.05, 4.69) is 15.4 Å². The van der Waals surface area contributed by atoms with E-state index in [1.165, 1.54) is 30.3 Å². The van der Waals surface area contributed by atoms with Gasteiger partial charge in [0.2, 0.25) is 0 Å². The van der Waals surface area contributed by atoms with Gasteiger partial charge in [0.1, 0.15) is 11.5 Å². The second-order valence-corrected chi connectivity index (χ2v) is 4.99. The van der Waals surface area contributed by atoms with Gasteiger partial charge in [0, 0.05) is 10.7 Å². The molecule has 0 atom stereocenters. The van der Waals surface area contributed by atoms with Crippen molar-refractivity contribution < 1.29 is 24.2 Å². The molecule has 0 bridgehead atoms. The van der Waals surface area contributed by atoms with E-state index in [4.69, 9.17) is 16.3 Å². The molecule has 0 aliphatic heterocycles. The maximum absolute atomic E-state index is 11.9. The van der Waals surface area contributed by atoms with Gasteiger partial charge in [0.15, 0.2) is 0 Å². The van der Waals surface area contributed by atoms with Crippen LogP contribution in [0.3, 0.4) is 0 Å². The maximum Gasteiger partial charge on any atom is 0.513 e. The first-order valence-corrected chi connectivity index (χ1v) is 7.37. The molecule has 126 valence electrons. The van der Waals surface area contributed by atoms with Crippen molar-refractivity contribution in [2.24, 2.45) is 0 Å². The lowest BCUT2D eigenvalue weighted by atomic mass is 10.3. The average molecular weight is 351 g/mol. The van der Waals surface area contributed by atoms with E-state index in [1.54, 1.807) is 19.1 Å². The van der Waals surface area contributed by atoms with Crippen LogP contribution in [-0.2, 0) is 4.74 Å². The van der Waals surface area contributed by atoms with Crippen LogP contribution in [-0.4, -0.2) is 23.9 Å². The lowest BCUT2D eigenvalue weighted by Crippen LogP contribution is -2.19. The number of hydrogen-bond acceptors (Lipinski definition) is 5. The Morgan fingerprint density at radius 3 is 2.50 bits per heavy atom. The fourth-order valence-electron chi connectivity index (χ4n) is 1.74. The number of phenols is 1. The maximum atomic E-state index is 11.9. The highest BCUT2D eigenvalue weighted by Gasteiger charge is 2.08. The van der Waals surface area contributed by atoms with E-state index in [-0.39, 0.29) is 23.8 Å². The van der Waals surface area contributed by atoms with Crippen molar-refractivity contribution in [2.45, 2.75) is 6.92 Å². The van der Waals surface area contributed by atoms with Gasteiger partial charge in [0.05, 0.1) is 12.3 Å². The molecule has 0 fully saturated rings. The number of urea groups is 1. The van der Waals surface area contributed by atoms with E-state index >= 15 is 0 Å². The molecule has 0 saturated heterocycles. The fourth-order valence-corrected chi connectivity index (χ4v) is 1.91. The molecule has 2 rings (SSSR count). The van der Waals surface area contributed by atoms with Gasteiger partial charge in [-0.15, -0.1) is 0 Å². The molecule has 0 spiro atoms. The van der Waals surface area contributed by atoms with Crippen molar-refractivity contribution in [2.75, 3.05) is 17.2 Å². The topological polar surface area (TPSA) is 96.9 Å². The van der Waals surface area contributed by atoms with Gasteiger partial charge < -0.3 is 25.2 Å². The molecule has 0 radical (unpaired) electrons. The van der Waals surface area contributed by atoms with E-state index in [1.807, 2.05) is 0 Å². The Hall–Kier alpha value is -2.93. The number of anilines is 2. The number of aromatic hydroxyl groups is 1. The Bertz CT molecular complexity index is 734. The zero-order valence-electron chi connectivity index (χ0n) is 12.7. The predicted molar refractivity (Wildman–Crippen MR) is 89.9 cm³/mol. The van der Waals surface area contributed by atoms with E-state index in [0.717, 1.165) is 0 Å². The Morgan fingerprint density at radius 2 is 1.83 bits per heavy atom. The molecule has 8 heteroatoms. The number of carbonyl (C=O) groups is 2. The van der Waals surface area contributed by atoms with Crippen molar-refractivity contribution in [3.8, 4) is 11.5 Å². The van der Waals surface area contributed by atoms with Crippen LogP contribution in [0.15, 0.2) is 42.5 Å². The summed E-state index contributed by atoms with van der Waals surface area (Å²) in [6.45, 7) is 1.89. The number of rotatable bonds is 4. The van der Waals surface area contributed by atoms with Crippen molar-refractivity contribution >= 4 is 35.2 Å². The highest BCUT2D eigenvalue weighted by Crippen LogP contribution is 2.26. The third-order valence-corrected chi connectivity index (χ3v) is 3.02. The molecule has 0 unspecified atom stereocenters. The molecular weight excluding hydrogens is 336 g/mol. The monoisotopic (exact) mass is 350 g/mol. The zero-order chi connectivity index (χ0) is 17.5. The molecule has 3 N–H and O–H groups in total. The normalized spacial score (nSPS) is 9.92. The van der Waals surface area contributed by atoms with Crippen LogP contribution in [0.1, 0.15) is 6.92 Å². The number of halogens is 1. The number of carbonyl (C=O) groups excluding carboxylic acids is 2. The third-order valence-electron chi connectivity index (χ3n) is 2.78. The van der Waals surface area contributed by atoms with Gasteiger partial charge in [-0.05, 0) is 49.4 Å². The van der Waals surface area contributed by atoms with Crippen LogP contribution in [0.5, 0.6) is 11.5 Å². The summed E-state index contributed by atoms with van der Waals surface area (Å²) in [7, 11) is 0. The summed E-state index contributed by atoms with van der Waals surface area (Å²) in [6, 6.07) is 9.84. The summed E-state index contributed by atoms with van der Waals surface area (Å²) in [6.07, 6.45) is -0.799. The number of amides is 2. The number of nitrogens with one attached hydrogen (secondary N) is 2. The van der Waals surface area contributed by atoms with Gasteiger partial charge in [-0.3, -0.25) is 0 Å². The van der Waals surface area contributed by atoms with E-state index < -0.39 is 12.2 Å². The third kappa shape index (κ3) is 5.06. The molecule has 2 aromatic carbocycles. The van der Waals surface area contributed by atoms with Gasteiger partial charge in [0.25, 0.3) is 0 Å². The Labute approximate surface area is 143 Å². The Kier molecular flexibility index (Phi) is 5.86. The van der Waals surface area contributed by atoms with E-state index in [0.29, 0.717) is 10.7 Å². The van der Waals surface area contributed by atoms with Crippen molar-refractivity contribution in [1.29, 1.82) is 0 Å². The quantitative estimate of drug-likeness (QED) is 0.435. The van der Waals surface area contributed by atoms with Crippen LogP contribution in [0.2, 0.25) is 5.02 Å². The second kappa shape index (κ2) is 8.07. The molecular formula is C16H15ClN2O5. The van der Waals surface area contributed by atoms with Crippen molar-refractivity contribution in [3.63, 3.8) is 0 Å². The largest absolute Gasteiger partial charge is 0.513 e. The average Bonchev–Trinajstić information content (AvgIpc) is 2.53. The van der Waals surface area contributed by atoms with Crippen LogP contribution in [0.25, 0.3) is 0 Å². The highest BCUT2D eigenvalue weighted by atomic mass is 35.5. The predicted octanol–water partition coefficient (Wildman–Crippen LogP) is 4.22. The minimum Gasteiger partial charge on any atom is -0.506 e. The van der Waals surface area contributed by atoms with Gasteiger partial charge >= 0.3 is 12.2 Å². The smallest absolute Gasteiger partial charge is 0.506 e. The summed E-state index contributed by atoms with van der Waals surface area (Å²) in [5.41, 5.74) is 0.646. The second-order valence-electron chi connectivity index (χ2n) is 4.55. The minimum absolute atomic E-state index is 0.104. The highest BCUT2D eigenvalue weighted by molar-refractivity contribution is 6.31. The van der Waals surface area contributed by atoms with Crippen LogP contribution < -0.4 is 15.4 Å². The van der Waals surface area contributed by atoms with Crippen molar-refractivity contribution in [1.82, 2.24) is 0 Å².